The fourth-order valence-electron chi connectivity index (χ4n) is 5.02. The van der Waals surface area contributed by atoms with E-state index in [0.29, 0.717) is 15.9 Å². The Bertz CT molecular complexity index is 1500. The molecule has 188 valence electrons. The molecule has 2 aromatic carbocycles. The van der Waals surface area contributed by atoms with Crippen LogP contribution in [0.3, 0.4) is 0 Å². The van der Waals surface area contributed by atoms with Crippen LogP contribution < -0.4 is 15.0 Å². The zero-order valence-electron chi connectivity index (χ0n) is 20.5. The number of rotatable bonds is 6. The number of aromatic carboxylic acids is 1. The van der Waals surface area contributed by atoms with E-state index in [-0.39, 0.29) is 17.6 Å². The molecule has 0 bridgehead atoms. The minimum Gasteiger partial charge on any atom is -0.495 e. The van der Waals surface area contributed by atoms with Gasteiger partial charge in [0.05, 0.1) is 35.5 Å². The number of nitrogens with zero attached hydrogens (tertiary/aromatic N) is 3. The predicted molar refractivity (Wildman–Crippen MR) is 148 cm³/mol. The van der Waals surface area contributed by atoms with Crippen molar-refractivity contribution in [1.29, 1.82) is 0 Å². The Morgan fingerprint density at radius 3 is 2.57 bits per heavy atom. The minimum absolute atomic E-state index is 0.228. The summed E-state index contributed by atoms with van der Waals surface area (Å²) in [4.78, 5) is 18.3. The number of hydrogen-bond donors (Lipinski definition) is 2. The SMILES string of the molecule is COc1ccc(N2C(=S)NC(c3ccccn3)C2c2cc(C)n(-c3cccc(C(=O)O)c3)c2C)cc1Cl. The van der Waals surface area contributed by atoms with E-state index in [1.54, 1.807) is 31.5 Å². The van der Waals surface area contributed by atoms with Crippen LogP contribution in [-0.2, 0) is 0 Å². The second-order valence-corrected chi connectivity index (χ2v) is 9.63. The van der Waals surface area contributed by atoms with Gasteiger partial charge in [0, 0.05) is 29.0 Å². The first kappa shape index (κ1) is 24.8. The Kier molecular flexibility index (Phi) is 6.62. The Morgan fingerprint density at radius 1 is 1.08 bits per heavy atom. The van der Waals surface area contributed by atoms with Gasteiger partial charge < -0.3 is 24.6 Å². The Balaban J connectivity index is 1.68. The number of aryl methyl sites for hydroxylation is 1. The number of aromatic nitrogens is 2. The minimum atomic E-state index is -0.965. The average Bonchev–Trinajstić information content (AvgIpc) is 3.39. The van der Waals surface area contributed by atoms with E-state index < -0.39 is 5.97 Å². The maximum absolute atomic E-state index is 11.6. The van der Waals surface area contributed by atoms with Crippen LogP contribution in [0.15, 0.2) is 72.9 Å². The van der Waals surface area contributed by atoms with E-state index in [2.05, 4.69) is 25.8 Å². The molecule has 0 saturated carbocycles. The number of benzene rings is 2. The summed E-state index contributed by atoms with van der Waals surface area (Å²) in [5.41, 5.74) is 5.67. The van der Waals surface area contributed by atoms with E-state index in [1.807, 2.05) is 56.3 Å². The number of pyridine rings is 1. The van der Waals surface area contributed by atoms with Crippen molar-refractivity contribution >= 4 is 40.6 Å². The van der Waals surface area contributed by atoms with Crippen LogP contribution in [0, 0.1) is 13.8 Å². The van der Waals surface area contributed by atoms with Gasteiger partial charge in [-0.1, -0.05) is 23.7 Å². The molecule has 3 heterocycles. The van der Waals surface area contributed by atoms with Crippen LogP contribution in [0.25, 0.3) is 5.69 Å². The second kappa shape index (κ2) is 9.88. The normalized spacial score (nSPS) is 17.1. The summed E-state index contributed by atoms with van der Waals surface area (Å²) in [6.07, 6.45) is 1.77. The number of anilines is 1. The maximum atomic E-state index is 11.6. The predicted octanol–water partition coefficient (Wildman–Crippen LogP) is 6.03. The molecule has 1 aliphatic rings. The molecule has 0 amide bonds. The van der Waals surface area contributed by atoms with Crippen LogP contribution in [0.2, 0.25) is 5.02 Å². The van der Waals surface area contributed by atoms with Crippen LogP contribution in [0.4, 0.5) is 5.69 Å². The lowest BCUT2D eigenvalue weighted by Gasteiger charge is -2.28. The highest BCUT2D eigenvalue weighted by molar-refractivity contribution is 7.80. The van der Waals surface area contributed by atoms with E-state index in [1.165, 1.54) is 0 Å². The molecule has 37 heavy (non-hydrogen) atoms. The van der Waals surface area contributed by atoms with Gasteiger partial charge in [-0.05, 0) is 86.2 Å². The van der Waals surface area contributed by atoms with Gasteiger partial charge in [-0.3, -0.25) is 4.98 Å². The molecule has 0 aliphatic carbocycles. The monoisotopic (exact) mass is 532 g/mol. The van der Waals surface area contributed by atoms with Gasteiger partial charge in [-0.15, -0.1) is 0 Å². The standard InChI is InChI=1S/C28H25ClN4O3S/c1-16-13-21(17(2)32(16)19-8-6-7-18(14-19)27(34)35)26-25(23-9-4-5-12-30-23)31-28(37)33(26)20-10-11-24(36-3)22(29)15-20/h4-15,25-26H,1-3H3,(H,31,37)(H,34,35). The highest BCUT2D eigenvalue weighted by atomic mass is 35.5. The number of nitrogens with one attached hydrogen (secondary N) is 1. The number of methoxy groups -OCH3 is 1. The third kappa shape index (κ3) is 4.43. The van der Waals surface area contributed by atoms with Crippen molar-refractivity contribution in [3.8, 4) is 11.4 Å². The van der Waals surface area contributed by atoms with Crippen LogP contribution in [0.1, 0.15) is 45.1 Å². The zero-order valence-corrected chi connectivity index (χ0v) is 22.0. The molecule has 1 aliphatic heterocycles. The highest BCUT2D eigenvalue weighted by Crippen LogP contribution is 2.45. The summed E-state index contributed by atoms with van der Waals surface area (Å²) in [7, 11) is 1.58. The molecule has 1 fully saturated rings. The van der Waals surface area contributed by atoms with Crippen molar-refractivity contribution < 1.29 is 14.6 Å². The number of carboxylic acids is 1. The average molecular weight is 533 g/mol. The van der Waals surface area contributed by atoms with Gasteiger partial charge in [0.2, 0.25) is 0 Å². The van der Waals surface area contributed by atoms with Gasteiger partial charge in [-0.2, -0.15) is 0 Å². The van der Waals surface area contributed by atoms with Gasteiger partial charge in [0.15, 0.2) is 5.11 Å². The van der Waals surface area contributed by atoms with Crippen LogP contribution in [0.5, 0.6) is 5.75 Å². The Hall–Kier alpha value is -3.88. The summed E-state index contributed by atoms with van der Waals surface area (Å²) in [6, 6.07) is 20.0. The Labute approximate surface area is 225 Å². The number of carbonyl (C=O) groups is 1. The van der Waals surface area contributed by atoms with Gasteiger partial charge in [0.1, 0.15) is 5.75 Å². The summed E-state index contributed by atoms with van der Waals surface area (Å²) < 4.78 is 7.42. The van der Waals surface area contributed by atoms with E-state index >= 15 is 0 Å². The zero-order chi connectivity index (χ0) is 26.3. The molecule has 1 saturated heterocycles. The molecule has 2 atom stereocenters. The van der Waals surface area contributed by atoms with E-state index in [9.17, 15) is 9.90 Å². The molecule has 2 N–H and O–H groups in total. The molecule has 0 radical (unpaired) electrons. The summed E-state index contributed by atoms with van der Waals surface area (Å²) in [5.74, 6) is -0.384. The topological polar surface area (TPSA) is 79.6 Å². The molecule has 2 aromatic heterocycles. The molecular formula is C28H25ClN4O3S. The van der Waals surface area contributed by atoms with Crippen molar-refractivity contribution in [3.63, 3.8) is 0 Å². The number of carboxylic acid groups (broad SMARTS) is 1. The fourth-order valence-corrected chi connectivity index (χ4v) is 5.61. The lowest BCUT2D eigenvalue weighted by molar-refractivity contribution is 0.0697. The lowest BCUT2D eigenvalue weighted by atomic mass is 9.96. The van der Waals surface area contributed by atoms with Crippen molar-refractivity contribution in [2.45, 2.75) is 25.9 Å². The number of halogens is 1. The molecule has 0 spiro atoms. The maximum Gasteiger partial charge on any atom is 0.335 e. The molecule has 2 unspecified atom stereocenters. The molecule has 5 rings (SSSR count). The fraction of sp³-hybridized carbons (Fsp3) is 0.179. The third-order valence-electron chi connectivity index (χ3n) is 6.65. The molecule has 4 aromatic rings. The molecule has 7 nitrogen and oxygen atoms in total. The summed E-state index contributed by atoms with van der Waals surface area (Å²) in [5, 5.41) is 14.0. The van der Waals surface area contributed by atoms with Crippen molar-refractivity contribution in [3.05, 3.63) is 106 Å². The van der Waals surface area contributed by atoms with Gasteiger partial charge >= 0.3 is 5.97 Å². The van der Waals surface area contributed by atoms with Gasteiger partial charge in [-0.25, -0.2) is 4.79 Å². The van der Waals surface area contributed by atoms with Gasteiger partial charge in [0.25, 0.3) is 0 Å². The Morgan fingerprint density at radius 2 is 1.89 bits per heavy atom. The first-order valence-electron chi connectivity index (χ1n) is 11.7. The smallest absolute Gasteiger partial charge is 0.335 e. The number of ether oxygens (including phenoxy) is 1. The quantitative estimate of drug-likeness (QED) is 0.294. The van der Waals surface area contributed by atoms with E-state index in [4.69, 9.17) is 28.6 Å². The summed E-state index contributed by atoms with van der Waals surface area (Å²) in [6.45, 7) is 4.04. The second-order valence-electron chi connectivity index (χ2n) is 8.83. The first-order valence-corrected chi connectivity index (χ1v) is 12.5. The third-order valence-corrected chi connectivity index (χ3v) is 7.26. The highest BCUT2D eigenvalue weighted by Gasteiger charge is 2.42. The number of hydrogen-bond acceptors (Lipinski definition) is 4. The van der Waals surface area contributed by atoms with Crippen LogP contribution in [-0.4, -0.2) is 32.8 Å². The first-order chi connectivity index (χ1) is 17.8. The van der Waals surface area contributed by atoms with Crippen molar-refractivity contribution in [2.75, 3.05) is 12.0 Å². The summed E-state index contributed by atoms with van der Waals surface area (Å²) >= 11 is 12.3. The van der Waals surface area contributed by atoms with E-state index in [0.717, 1.165) is 34.0 Å². The number of thiocarbonyl (C=S) groups is 1. The molecule has 9 heteroatoms. The van der Waals surface area contributed by atoms with Crippen LogP contribution >= 0.6 is 23.8 Å². The largest absolute Gasteiger partial charge is 0.495 e. The molecular weight excluding hydrogens is 508 g/mol. The van der Waals surface area contributed by atoms with Crippen molar-refractivity contribution in [1.82, 2.24) is 14.9 Å². The lowest BCUT2D eigenvalue weighted by Crippen LogP contribution is -2.29. The van der Waals surface area contributed by atoms with Crippen molar-refractivity contribution in [2.24, 2.45) is 0 Å².